The Morgan fingerprint density at radius 1 is 1.54 bits per heavy atom. The summed E-state index contributed by atoms with van der Waals surface area (Å²) in [7, 11) is 0. The summed E-state index contributed by atoms with van der Waals surface area (Å²) in [6.07, 6.45) is 1.52. The van der Waals surface area contributed by atoms with Crippen LogP contribution in [0.3, 0.4) is 0 Å². The first-order valence-corrected chi connectivity index (χ1v) is 3.91. The molecule has 0 aromatic carbocycles. The average Bonchev–Trinajstić information content (AvgIpc) is 2.52. The molecule has 0 fully saturated rings. The van der Waals surface area contributed by atoms with E-state index in [2.05, 4.69) is 15.2 Å². The van der Waals surface area contributed by atoms with Gasteiger partial charge in [-0.15, -0.1) is 5.10 Å². The molecule has 0 saturated carbocycles. The Hall–Kier alpha value is -1.69. The molecule has 0 unspecified atom stereocenters. The van der Waals surface area contributed by atoms with Crippen molar-refractivity contribution in [2.45, 2.75) is 0 Å². The van der Waals surface area contributed by atoms with E-state index >= 15 is 0 Å². The maximum absolute atomic E-state index is 10.9. The zero-order valence-electron chi connectivity index (χ0n) is 6.40. The number of pyridine rings is 1. The Balaban J connectivity index is 2.58. The minimum Gasteiger partial charge on any atom is -0.409 e. The van der Waals surface area contributed by atoms with E-state index in [1.165, 1.54) is 12.3 Å². The third kappa shape index (κ3) is 1.57. The highest BCUT2D eigenvalue weighted by Crippen LogP contribution is 2.12. The summed E-state index contributed by atoms with van der Waals surface area (Å²) < 4.78 is 5.02. The summed E-state index contributed by atoms with van der Waals surface area (Å²) in [6, 6.07) is 3.06. The van der Waals surface area contributed by atoms with E-state index in [0.29, 0.717) is 11.5 Å². The molecular weight excluding hydrogens is 190 g/mol. The highest BCUT2D eigenvalue weighted by Gasteiger charge is 2.02. The van der Waals surface area contributed by atoms with Crippen molar-refractivity contribution in [3.63, 3.8) is 0 Å². The van der Waals surface area contributed by atoms with Crippen LogP contribution in [0.25, 0.3) is 11.5 Å². The van der Waals surface area contributed by atoms with Crippen LogP contribution >= 0.6 is 12.2 Å². The third-order valence-electron chi connectivity index (χ3n) is 1.46. The SMILES string of the molecule is O=c1cc(-c2n[nH]c(=S)o2)cc[nH]1. The number of aromatic nitrogens is 3. The van der Waals surface area contributed by atoms with Gasteiger partial charge in [-0.25, -0.2) is 5.10 Å². The average molecular weight is 195 g/mol. The largest absolute Gasteiger partial charge is 0.409 e. The van der Waals surface area contributed by atoms with Gasteiger partial charge in [-0.3, -0.25) is 4.79 Å². The van der Waals surface area contributed by atoms with Gasteiger partial charge in [0.1, 0.15) is 0 Å². The van der Waals surface area contributed by atoms with Crippen molar-refractivity contribution in [3.05, 3.63) is 33.5 Å². The lowest BCUT2D eigenvalue weighted by Crippen LogP contribution is -2.01. The molecule has 2 aromatic heterocycles. The molecule has 0 aliphatic heterocycles. The van der Waals surface area contributed by atoms with Crippen LogP contribution in [0.4, 0.5) is 0 Å². The van der Waals surface area contributed by atoms with E-state index in [1.54, 1.807) is 6.07 Å². The molecule has 0 radical (unpaired) electrons. The number of nitrogens with zero attached hydrogens (tertiary/aromatic N) is 1. The van der Waals surface area contributed by atoms with Crippen molar-refractivity contribution in [1.82, 2.24) is 15.2 Å². The number of aromatic amines is 2. The molecule has 5 nitrogen and oxygen atoms in total. The molecule has 66 valence electrons. The lowest BCUT2D eigenvalue weighted by molar-refractivity contribution is 0.552. The zero-order chi connectivity index (χ0) is 9.26. The summed E-state index contributed by atoms with van der Waals surface area (Å²) >= 11 is 4.70. The fourth-order valence-electron chi connectivity index (χ4n) is 0.931. The minimum absolute atomic E-state index is 0.190. The van der Waals surface area contributed by atoms with Crippen molar-refractivity contribution in [1.29, 1.82) is 0 Å². The highest BCUT2D eigenvalue weighted by atomic mass is 32.1. The Labute approximate surface area is 77.4 Å². The molecule has 2 N–H and O–H groups in total. The maximum atomic E-state index is 10.9. The number of rotatable bonds is 1. The van der Waals surface area contributed by atoms with Gasteiger partial charge in [0.2, 0.25) is 11.4 Å². The molecule has 0 saturated heterocycles. The lowest BCUT2D eigenvalue weighted by Gasteiger charge is -1.90. The first-order valence-electron chi connectivity index (χ1n) is 3.50. The number of H-pyrrole nitrogens is 2. The lowest BCUT2D eigenvalue weighted by atomic mass is 10.3. The predicted molar refractivity (Wildman–Crippen MR) is 47.7 cm³/mol. The van der Waals surface area contributed by atoms with Gasteiger partial charge in [0.05, 0.1) is 0 Å². The van der Waals surface area contributed by atoms with Crippen LogP contribution in [-0.4, -0.2) is 15.2 Å². The second kappa shape index (κ2) is 2.98. The Kier molecular flexibility index (Phi) is 1.82. The molecule has 13 heavy (non-hydrogen) atoms. The summed E-state index contributed by atoms with van der Waals surface area (Å²) in [5, 5.41) is 6.25. The molecule has 6 heteroatoms. The maximum Gasteiger partial charge on any atom is 0.284 e. The number of hydrogen-bond donors (Lipinski definition) is 2. The van der Waals surface area contributed by atoms with E-state index in [1.807, 2.05) is 0 Å². The molecular formula is C7H5N3O2S. The van der Waals surface area contributed by atoms with Crippen molar-refractivity contribution < 1.29 is 4.42 Å². The van der Waals surface area contributed by atoms with Gasteiger partial charge in [-0.05, 0) is 18.3 Å². The Bertz CT molecular complexity index is 525. The molecule has 0 aliphatic carbocycles. The van der Waals surface area contributed by atoms with Crippen LogP contribution in [0.2, 0.25) is 0 Å². The highest BCUT2D eigenvalue weighted by molar-refractivity contribution is 7.71. The number of hydrogen-bond acceptors (Lipinski definition) is 4. The Morgan fingerprint density at radius 2 is 2.38 bits per heavy atom. The minimum atomic E-state index is -0.207. The normalized spacial score (nSPS) is 10.2. The second-order valence-electron chi connectivity index (χ2n) is 2.36. The summed E-state index contributed by atoms with van der Waals surface area (Å²) in [4.78, 5) is 13.6. The summed E-state index contributed by atoms with van der Waals surface area (Å²) in [5.41, 5.74) is 0.387. The fraction of sp³-hybridized carbons (Fsp3) is 0. The number of nitrogens with one attached hydrogen (secondary N) is 2. The van der Waals surface area contributed by atoms with Gasteiger partial charge in [0, 0.05) is 17.8 Å². The van der Waals surface area contributed by atoms with Crippen molar-refractivity contribution in [3.8, 4) is 11.5 Å². The van der Waals surface area contributed by atoms with E-state index in [-0.39, 0.29) is 10.4 Å². The first kappa shape index (κ1) is 7.93. The van der Waals surface area contributed by atoms with Crippen molar-refractivity contribution >= 4 is 12.2 Å². The van der Waals surface area contributed by atoms with E-state index < -0.39 is 0 Å². The summed E-state index contributed by atoms with van der Waals surface area (Å²) in [5.74, 6) is 0.316. The molecule has 0 bridgehead atoms. The van der Waals surface area contributed by atoms with Crippen LogP contribution in [0.5, 0.6) is 0 Å². The molecule has 0 amide bonds. The van der Waals surface area contributed by atoms with E-state index in [4.69, 9.17) is 16.6 Å². The molecule has 0 spiro atoms. The van der Waals surface area contributed by atoms with Gasteiger partial charge in [0.25, 0.3) is 4.84 Å². The van der Waals surface area contributed by atoms with Gasteiger partial charge >= 0.3 is 0 Å². The van der Waals surface area contributed by atoms with Crippen LogP contribution < -0.4 is 5.56 Å². The van der Waals surface area contributed by atoms with Crippen LogP contribution in [0.1, 0.15) is 0 Å². The standard InChI is InChI=1S/C7H5N3O2S/c11-5-3-4(1-2-8-5)6-9-10-7(13)12-6/h1-3H,(H,8,11)(H,10,13). The van der Waals surface area contributed by atoms with Crippen LogP contribution in [0.15, 0.2) is 27.5 Å². The monoisotopic (exact) mass is 195 g/mol. The van der Waals surface area contributed by atoms with Gasteiger partial charge in [-0.1, -0.05) is 0 Å². The van der Waals surface area contributed by atoms with Gasteiger partial charge in [-0.2, -0.15) is 0 Å². The molecule has 2 heterocycles. The molecule has 2 rings (SSSR count). The smallest absolute Gasteiger partial charge is 0.284 e. The van der Waals surface area contributed by atoms with Crippen LogP contribution in [0, 0.1) is 4.84 Å². The first-order chi connectivity index (χ1) is 6.25. The Morgan fingerprint density at radius 3 is 3.00 bits per heavy atom. The molecule has 2 aromatic rings. The van der Waals surface area contributed by atoms with Crippen molar-refractivity contribution in [2.24, 2.45) is 0 Å². The van der Waals surface area contributed by atoms with Gasteiger partial charge < -0.3 is 9.40 Å². The fourth-order valence-corrected chi connectivity index (χ4v) is 1.06. The molecule has 0 atom stereocenters. The van der Waals surface area contributed by atoms with E-state index in [9.17, 15) is 4.79 Å². The van der Waals surface area contributed by atoms with Crippen LogP contribution in [-0.2, 0) is 0 Å². The zero-order valence-corrected chi connectivity index (χ0v) is 7.22. The summed E-state index contributed by atoms with van der Waals surface area (Å²) in [6.45, 7) is 0. The predicted octanol–water partition coefficient (Wildman–Crippen LogP) is 1.09. The second-order valence-corrected chi connectivity index (χ2v) is 2.73. The van der Waals surface area contributed by atoms with Crippen molar-refractivity contribution in [2.75, 3.05) is 0 Å². The van der Waals surface area contributed by atoms with Gasteiger partial charge in [0.15, 0.2) is 0 Å². The quantitative estimate of drug-likeness (QED) is 0.668. The molecule has 0 aliphatic rings. The van der Waals surface area contributed by atoms with E-state index in [0.717, 1.165) is 0 Å². The third-order valence-corrected chi connectivity index (χ3v) is 1.63. The topological polar surface area (TPSA) is 74.7 Å².